The van der Waals surface area contributed by atoms with Crippen molar-refractivity contribution in [3.63, 3.8) is 0 Å². The second kappa shape index (κ2) is 8.60. The molecule has 0 spiro atoms. The number of carbonyl (C=O) groups is 1. The van der Waals surface area contributed by atoms with Gasteiger partial charge in [-0.1, -0.05) is 0 Å². The molecular weight excluding hydrogens is 436 g/mol. The lowest BCUT2D eigenvalue weighted by Gasteiger charge is -2.11. The number of nitrogens with zero attached hydrogens (tertiary/aromatic N) is 2. The van der Waals surface area contributed by atoms with E-state index in [0.717, 1.165) is 18.7 Å². The van der Waals surface area contributed by atoms with Crippen LogP contribution in [0.25, 0.3) is 10.9 Å². The molecule has 2 N–H and O–H groups in total. The fraction of sp³-hybridized carbons (Fsp3) is 0.286. The normalized spacial score (nSPS) is 13.1. The molecule has 0 unspecified atom stereocenters. The number of fused-ring (bicyclic) bond motifs is 2. The van der Waals surface area contributed by atoms with Gasteiger partial charge < -0.3 is 14.8 Å². The number of hydrogen-bond donors (Lipinski definition) is 2. The van der Waals surface area contributed by atoms with Crippen molar-refractivity contribution in [2.45, 2.75) is 24.3 Å². The molecule has 2 aromatic carbocycles. The molecule has 11 heteroatoms. The van der Waals surface area contributed by atoms with Gasteiger partial charge in [0.15, 0.2) is 11.5 Å². The number of rotatable bonds is 7. The summed E-state index contributed by atoms with van der Waals surface area (Å²) in [6.45, 7) is 0.185. The second-order valence-corrected chi connectivity index (χ2v) is 8.98. The summed E-state index contributed by atoms with van der Waals surface area (Å²) in [6.07, 6.45) is 1.61. The lowest BCUT2D eigenvalue weighted by Crippen LogP contribution is -2.33. The maximum Gasteiger partial charge on any atom is 0.261 e. The van der Waals surface area contributed by atoms with Crippen molar-refractivity contribution in [2.24, 2.45) is 0 Å². The van der Waals surface area contributed by atoms with Gasteiger partial charge in [-0.3, -0.25) is 14.2 Å². The summed E-state index contributed by atoms with van der Waals surface area (Å²) in [6, 6.07) is 8.94. The molecule has 1 aliphatic rings. The minimum atomic E-state index is -3.96. The maximum absolute atomic E-state index is 12.5. The van der Waals surface area contributed by atoms with Crippen molar-refractivity contribution in [2.75, 3.05) is 26.1 Å². The fourth-order valence-corrected chi connectivity index (χ4v) is 4.59. The largest absolute Gasteiger partial charge is 0.493 e. The molecule has 3 aromatic rings. The summed E-state index contributed by atoms with van der Waals surface area (Å²) < 4.78 is 39.2. The number of methoxy groups -OCH3 is 2. The number of hydrogen-bond acceptors (Lipinski definition) is 7. The lowest BCUT2D eigenvalue weighted by molar-refractivity contribution is -0.115. The Morgan fingerprint density at radius 3 is 2.66 bits per heavy atom. The van der Waals surface area contributed by atoms with E-state index in [1.807, 2.05) is 0 Å². The molecule has 168 valence electrons. The molecule has 4 rings (SSSR count). The number of sulfonamides is 1. The van der Waals surface area contributed by atoms with Crippen LogP contribution in [-0.2, 0) is 27.8 Å². The number of anilines is 1. The minimum Gasteiger partial charge on any atom is -0.493 e. The third kappa shape index (κ3) is 4.16. The van der Waals surface area contributed by atoms with E-state index >= 15 is 0 Å². The first-order valence-corrected chi connectivity index (χ1v) is 11.4. The van der Waals surface area contributed by atoms with Gasteiger partial charge in [-0.2, -0.15) is 0 Å². The molecule has 1 aliphatic heterocycles. The number of carbonyl (C=O) groups excluding carboxylic acids is 1. The Morgan fingerprint density at radius 2 is 1.91 bits per heavy atom. The van der Waals surface area contributed by atoms with Crippen LogP contribution in [0.2, 0.25) is 0 Å². The molecule has 0 fully saturated rings. The van der Waals surface area contributed by atoms with Gasteiger partial charge in [0.25, 0.3) is 5.56 Å². The van der Waals surface area contributed by atoms with Gasteiger partial charge in [0.05, 0.1) is 36.6 Å². The van der Waals surface area contributed by atoms with Crippen LogP contribution in [0.4, 0.5) is 5.69 Å². The van der Waals surface area contributed by atoms with Gasteiger partial charge in [0.1, 0.15) is 5.82 Å². The van der Waals surface area contributed by atoms with Crippen LogP contribution in [-0.4, -0.2) is 44.6 Å². The predicted octanol–water partition coefficient (Wildman–Crippen LogP) is 1.28. The Bertz CT molecular complexity index is 1370. The average Bonchev–Trinajstić information content (AvgIpc) is 3.26. The van der Waals surface area contributed by atoms with E-state index in [2.05, 4.69) is 15.0 Å². The van der Waals surface area contributed by atoms with Gasteiger partial charge >= 0.3 is 0 Å². The van der Waals surface area contributed by atoms with Crippen LogP contribution in [0, 0.1) is 0 Å². The Morgan fingerprint density at radius 1 is 1.12 bits per heavy atom. The Labute approximate surface area is 184 Å². The average molecular weight is 458 g/mol. The third-order valence-corrected chi connectivity index (χ3v) is 6.59. The van der Waals surface area contributed by atoms with E-state index in [1.54, 1.807) is 22.8 Å². The summed E-state index contributed by atoms with van der Waals surface area (Å²) in [7, 11) is -1.11. The molecule has 1 amide bonds. The van der Waals surface area contributed by atoms with E-state index in [-0.39, 0.29) is 16.2 Å². The van der Waals surface area contributed by atoms with Gasteiger partial charge in [-0.05, 0) is 36.8 Å². The van der Waals surface area contributed by atoms with E-state index in [0.29, 0.717) is 28.9 Å². The molecule has 32 heavy (non-hydrogen) atoms. The van der Waals surface area contributed by atoms with Crippen LogP contribution in [0.1, 0.15) is 12.2 Å². The molecule has 0 saturated heterocycles. The highest BCUT2D eigenvalue weighted by molar-refractivity contribution is 7.89. The number of aryl methyl sites for hydroxylation is 1. The maximum atomic E-state index is 12.5. The van der Waals surface area contributed by atoms with Gasteiger partial charge in [-0.15, -0.1) is 0 Å². The quantitative estimate of drug-likeness (QED) is 0.546. The Balaban J connectivity index is 1.46. The summed E-state index contributed by atoms with van der Waals surface area (Å²) in [5.41, 5.74) is 0.817. The van der Waals surface area contributed by atoms with Crippen LogP contribution in [0.5, 0.6) is 11.5 Å². The smallest absolute Gasteiger partial charge is 0.261 e. The van der Waals surface area contributed by atoms with Crippen molar-refractivity contribution >= 4 is 32.5 Å². The van der Waals surface area contributed by atoms with Gasteiger partial charge in [0.2, 0.25) is 15.9 Å². The highest BCUT2D eigenvalue weighted by atomic mass is 32.2. The SMILES string of the molecule is COc1ccc(S(=O)(=O)NCC(=O)Nc2ccc3c(=O)n4c(nc3c2)CCC4)cc1OC. The van der Waals surface area contributed by atoms with Crippen molar-refractivity contribution < 1.29 is 22.7 Å². The summed E-state index contributed by atoms with van der Waals surface area (Å²) in [4.78, 5) is 29.3. The summed E-state index contributed by atoms with van der Waals surface area (Å²) in [5.74, 6) is 0.810. The molecule has 0 aliphatic carbocycles. The number of benzene rings is 2. The zero-order valence-electron chi connectivity index (χ0n) is 17.5. The first-order valence-electron chi connectivity index (χ1n) is 9.87. The fourth-order valence-electron chi connectivity index (χ4n) is 3.59. The van der Waals surface area contributed by atoms with E-state index in [1.165, 1.54) is 32.4 Å². The van der Waals surface area contributed by atoms with Crippen LogP contribution in [0.3, 0.4) is 0 Å². The van der Waals surface area contributed by atoms with Crippen molar-refractivity contribution in [3.05, 3.63) is 52.6 Å². The van der Waals surface area contributed by atoms with Crippen LogP contribution >= 0.6 is 0 Å². The predicted molar refractivity (Wildman–Crippen MR) is 118 cm³/mol. The Hall–Kier alpha value is -3.44. The number of nitrogens with one attached hydrogen (secondary N) is 2. The van der Waals surface area contributed by atoms with E-state index < -0.39 is 22.5 Å². The standard InChI is InChI=1S/C21H22N4O6S/c1-30-17-8-6-14(11-18(17)31-2)32(28,29)22-12-20(26)23-13-5-7-15-16(10-13)24-19-4-3-9-25(19)21(15)27/h5-8,10-11,22H,3-4,9,12H2,1-2H3,(H,23,26). The van der Waals surface area contributed by atoms with Crippen LogP contribution < -0.4 is 25.1 Å². The third-order valence-electron chi connectivity index (χ3n) is 5.19. The summed E-state index contributed by atoms with van der Waals surface area (Å²) in [5, 5.41) is 3.10. The second-order valence-electron chi connectivity index (χ2n) is 7.21. The van der Waals surface area contributed by atoms with Gasteiger partial charge in [-0.25, -0.2) is 18.1 Å². The lowest BCUT2D eigenvalue weighted by atomic mass is 10.2. The van der Waals surface area contributed by atoms with Gasteiger partial charge in [0, 0.05) is 24.7 Å². The molecule has 0 bridgehead atoms. The highest BCUT2D eigenvalue weighted by Gasteiger charge is 2.19. The molecule has 10 nitrogen and oxygen atoms in total. The molecule has 0 saturated carbocycles. The molecule has 2 heterocycles. The van der Waals surface area contributed by atoms with E-state index in [4.69, 9.17) is 9.47 Å². The number of aromatic nitrogens is 2. The Kier molecular flexibility index (Phi) is 5.85. The van der Waals surface area contributed by atoms with Crippen LogP contribution in [0.15, 0.2) is 46.1 Å². The van der Waals surface area contributed by atoms with Crippen molar-refractivity contribution in [3.8, 4) is 11.5 Å². The van der Waals surface area contributed by atoms with E-state index in [9.17, 15) is 18.0 Å². The number of amides is 1. The topological polar surface area (TPSA) is 129 Å². The molecule has 0 atom stereocenters. The first-order chi connectivity index (χ1) is 15.3. The van der Waals surface area contributed by atoms with Crippen molar-refractivity contribution in [1.82, 2.24) is 14.3 Å². The molecular formula is C21H22N4O6S. The monoisotopic (exact) mass is 458 g/mol. The first kappa shape index (κ1) is 21.8. The van der Waals surface area contributed by atoms with Crippen molar-refractivity contribution in [1.29, 1.82) is 0 Å². The zero-order chi connectivity index (χ0) is 22.9. The summed E-state index contributed by atoms with van der Waals surface area (Å²) >= 11 is 0. The molecule has 0 radical (unpaired) electrons. The minimum absolute atomic E-state index is 0.0628. The zero-order valence-corrected chi connectivity index (χ0v) is 18.4. The number of ether oxygens (including phenoxy) is 2. The highest BCUT2D eigenvalue weighted by Crippen LogP contribution is 2.29. The molecule has 1 aromatic heterocycles.